The Balaban J connectivity index is 2.44. The Morgan fingerprint density at radius 3 is 2.79 bits per heavy atom. The average Bonchev–Trinajstić information content (AvgIpc) is 2.24. The number of ether oxygens (including phenoxy) is 1. The molecule has 3 N–H and O–H groups in total. The zero-order valence-electron chi connectivity index (χ0n) is 11.9. The molecule has 0 radical (unpaired) electrons. The van der Waals surface area contributed by atoms with Crippen LogP contribution in [0, 0.1) is 6.92 Å². The molecule has 0 fully saturated rings. The van der Waals surface area contributed by atoms with E-state index in [-0.39, 0.29) is 0 Å². The maximum absolute atomic E-state index is 11.4. The number of pyridine rings is 1. The van der Waals surface area contributed by atoms with Crippen molar-refractivity contribution in [2.75, 3.05) is 12.3 Å². The molecule has 1 heterocycles. The monoisotopic (exact) mass is 263 g/mol. The highest BCUT2D eigenvalue weighted by Gasteiger charge is 2.14. The average molecular weight is 263 g/mol. The van der Waals surface area contributed by atoms with Gasteiger partial charge in [0.05, 0.1) is 11.4 Å². The Morgan fingerprint density at radius 1 is 1.53 bits per heavy atom. The summed E-state index contributed by atoms with van der Waals surface area (Å²) in [7, 11) is 0. The molecule has 0 aliphatic carbocycles. The van der Waals surface area contributed by atoms with Crippen molar-refractivity contribution in [2.24, 2.45) is 0 Å². The number of anilines is 1. The van der Waals surface area contributed by atoms with Gasteiger partial charge in [-0.25, -0.2) is 4.79 Å². The summed E-state index contributed by atoms with van der Waals surface area (Å²) >= 11 is 0. The molecule has 0 atom stereocenters. The van der Waals surface area contributed by atoms with Gasteiger partial charge in [-0.15, -0.1) is 0 Å². The topological polar surface area (TPSA) is 77.2 Å². The molecule has 0 aromatic carbocycles. The van der Waals surface area contributed by atoms with Gasteiger partial charge in [0.25, 0.3) is 0 Å². The van der Waals surface area contributed by atoms with E-state index in [4.69, 9.17) is 10.5 Å². The van der Waals surface area contributed by atoms with Gasteiger partial charge in [0, 0.05) is 12.7 Å². The molecule has 0 saturated heterocycles. The van der Waals surface area contributed by atoms with E-state index < -0.39 is 11.7 Å². The van der Waals surface area contributed by atoms with Gasteiger partial charge in [0.1, 0.15) is 5.60 Å². The lowest BCUT2D eigenvalue weighted by Gasteiger charge is -2.19. The Labute approximate surface area is 113 Å². The van der Waals surface area contributed by atoms with Crippen molar-refractivity contribution < 1.29 is 9.53 Å². The molecular formula is C14H21N3O2. The number of nitrogens with two attached hydrogens (primary N) is 1. The molecule has 0 saturated carbocycles. The lowest BCUT2D eigenvalue weighted by Crippen LogP contribution is -2.32. The molecular weight excluding hydrogens is 242 g/mol. The minimum absolute atomic E-state index is 0.365. The van der Waals surface area contributed by atoms with Gasteiger partial charge in [-0.2, -0.15) is 0 Å². The number of rotatable bonds is 3. The second kappa shape index (κ2) is 6.22. The van der Waals surface area contributed by atoms with Crippen LogP contribution in [-0.2, 0) is 4.74 Å². The van der Waals surface area contributed by atoms with E-state index in [1.807, 2.05) is 33.8 Å². The van der Waals surface area contributed by atoms with Crippen molar-refractivity contribution in [1.29, 1.82) is 0 Å². The van der Waals surface area contributed by atoms with Crippen LogP contribution >= 0.6 is 0 Å². The van der Waals surface area contributed by atoms with Crippen LogP contribution in [0.3, 0.4) is 0 Å². The van der Waals surface area contributed by atoms with Crippen LogP contribution in [0.1, 0.15) is 32.0 Å². The van der Waals surface area contributed by atoms with Crippen molar-refractivity contribution in [3.05, 3.63) is 29.6 Å². The zero-order valence-corrected chi connectivity index (χ0v) is 11.9. The van der Waals surface area contributed by atoms with Crippen LogP contribution in [0.25, 0.3) is 6.08 Å². The Kier molecular flexibility index (Phi) is 4.92. The molecule has 5 heteroatoms. The predicted molar refractivity (Wildman–Crippen MR) is 76.7 cm³/mol. The minimum atomic E-state index is -0.489. The molecule has 1 aromatic rings. The summed E-state index contributed by atoms with van der Waals surface area (Å²) in [6, 6.07) is 1.86. The first kappa shape index (κ1) is 15.0. The van der Waals surface area contributed by atoms with E-state index in [1.54, 1.807) is 18.3 Å². The molecule has 0 bridgehead atoms. The van der Waals surface area contributed by atoms with Gasteiger partial charge >= 0.3 is 6.09 Å². The molecule has 0 spiro atoms. The van der Waals surface area contributed by atoms with Crippen molar-refractivity contribution in [3.63, 3.8) is 0 Å². The molecule has 19 heavy (non-hydrogen) atoms. The third-order valence-electron chi connectivity index (χ3n) is 2.13. The SMILES string of the molecule is Cc1cnc(C=CCNC(=O)OC(C)(C)C)c(N)c1. The maximum atomic E-state index is 11.4. The number of aryl methyl sites for hydroxylation is 1. The summed E-state index contributed by atoms with van der Waals surface area (Å²) in [5.41, 5.74) is 7.66. The maximum Gasteiger partial charge on any atom is 0.407 e. The van der Waals surface area contributed by atoms with Crippen molar-refractivity contribution >= 4 is 17.9 Å². The molecule has 0 unspecified atom stereocenters. The van der Waals surface area contributed by atoms with Crippen molar-refractivity contribution in [2.45, 2.75) is 33.3 Å². The van der Waals surface area contributed by atoms with E-state index in [0.717, 1.165) is 5.56 Å². The van der Waals surface area contributed by atoms with E-state index in [0.29, 0.717) is 17.9 Å². The normalized spacial score (nSPS) is 11.6. The minimum Gasteiger partial charge on any atom is -0.444 e. The summed E-state index contributed by atoms with van der Waals surface area (Å²) in [6.07, 6.45) is 4.85. The summed E-state index contributed by atoms with van der Waals surface area (Å²) in [5, 5.41) is 2.62. The highest BCUT2D eigenvalue weighted by Crippen LogP contribution is 2.11. The predicted octanol–water partition coefficient (Wildman–Crippen LogP) is 2.51. The Morgan fingerprint density at radius 2 is 2.21 bits per heavy atom. The lowest BCUT2D eigenvalue weighted by atomic mass is 10.2. The van der Waals surface area contributed by atoms with Crippen LogP contribution in [0.5, 0.6) is 0 Å². The first-order chi connectivity index (χ1) is 8.78. The zero-order chi connectivity index (χ0) is 14.5. The molecule has 0 aliphatic rings. The second-order valence-electron chi connectivity index (χ2n) is 5.27. The van der Waals surface area contributed by atoms with Crippen LogP contribution in [0.15, 0.2) is 18.3 Å². The molecule has 0 aliphatic heterocycles. The number of nitrogens with zero attached hydrogens (tertiary/aromatic N) is 1. The van der Waals surface area contributed by atoms with E-state index in [9.17, 15) is 4.79 Å². The lowest BCUT2D eigenvalue weighted by molar-refractivity contribution is 0.0534. The van der Waals surface area contributed by atoms with Crippen LogP contribution in [-0.4, -0.2) is 23.2 Å². The Hall–Kier alpha value is -2.04. The van der Waals surface area contributed by atoms with Crippen LogP contribution in [0.2, 0.25) is 0 Å². The van der Waals surface area contributed by atoms with Gasteiger partial charge in [-0.3, -0.25) is 4.98 Å². The summed E-state index contributed by atoms with van der Waals surface area (Å²) in [6.45, 7) is 7.75. The van der Waals surface area contributed by atoms with Gasteiger partial charge in [0.2, 0.25) is 0 Å². The fourth-order valence-electron chi connectivity index (χ4n) is 1.37. The number of alkyl carbamates (subject to hydrolysis) is 1. The van der Waals surface area contributed by atoms with Crippen LogP contribution in [0.4, 0.5) is 10.5 Å². The van der Waals surface area contributed by atoms with Gasteiger partial charge in [-0.05, 0) is 45.4 Å². The quantitative estimate of drug-likeness (QED) is 0.878. The molecule has 1 aromatic heterocycles. The van der Waals surface area contributed by atoms with Gasteiger partial charge in [0.15, 0.2) is 0 Å². The number of hydrogen-bond acceptors (Lipinski definition) is 4. The van der Waals surface area contributed by atoms with Gasteiger partial charge < -0.3 is 15.8 Å². The summed E-state index contributed by atoms with van der Waals surface area (Å²) in [5.74, 6) is 0. The number of carbonyl (C=O) groups excluding carboxylic acids is 1. The number of nitrogen functional groups attached to an aromatic ring is 1. The third-order valence-corrected chi connectivity index (χ3v) is 2.13. The van der Waals surface area contributed by atoms with Gasteiger partial charge in [-0.1, -0.05) is 6.08 Å². The highest BCUT2D eigenvalue weighted by atomic mass is 16.6. The summed E-state index contributed by atoms with van der Waals surface area (Å²) < 4.78 is 5.11. The first-order valence-electron chi connectivity index (χ1n) is 6.13. The molecule has 5 nitrogen and oxygen atoms in total. The number of nitrogens with one attached hydrogen (secondary N) is 1. The second-order valence-corrected chi connectivity index (χ2v) is 5.27. The number of aromatic nitrogens is 1. The Bertz CT molecular complexity index is 476. The fourth-order valence-corrected chi connectivity index (χ4v) is 1.37. The van der Waals surface area contributed by atoms with E-state index >= 15 is 0 Å². The number of amides is 1. The molecule has 1 amide bonds. The third kappa shape index (κ3) is 5.90. The smallest absolute Gasteiger partial charge is 0.407 e. The van der Waals surface area contributed by atoms with E-state index in [2.05, 4.69) is 10.3 Å². The largest absolute Gasteiger partial charge is 0.444 e. The highest BCUT2D eigenvalue weighted by molar-refractivity contribution is 5.68. The molecule has 104 valence electrons. The number of hydrogen-bond donors (Lipinski definition) is 2. The van der Waals surface area contributed by atoms with E-state index in [1.165, 1.54) is 0 Å². The number of carbonyl (C=O) groups is 1. The van der Waals surface area contributed by atoms with Crippen LogP contribution < -0.4 is 11.1 Å². The van der Waals surface area contributed by atoms with Crippen molar-refractivity contribution in [3.8, 4) is 0 Å². The summed E-state index contributed by atoms with van der Waals surface area (Å²) in [4.78, 5) is 15.6. The van der Waals surface area contributed by atoms with Crippen molar-refractivity contribution in [1.82, 2.24) is 10.3 Å². The fraction of sp³-hybridized carbons (Fsp3) is 0.429. The molecule has 1 rings (SSSR count). The first-order valence-corrected chi connectivity index (χ1v) is 6.13. The standard InChI is InChI=1S/C14H21N3O2/c1-10-8-11(15)12(17-9-10)6-5-7-16-13(18)19-14(2,3)4/h5-6,8-9H,7,15H2,1-4H3,(H,16,18).